The molecule has 0 aromatic rings. The van der Waals surface area contributed by atoms with Gasteiger partial charge >= 0.3 is 0 Å². The first-order chi connectivity index (χ1) is 5.17. The Bertz CT molecular complexity index is 169. The summed E-state index contributed by atoms with van der Waals surface area (Å²) in [4.78, 5) is 12.7. The molecule has 0 aliphatic rings. The van der Waals surface area contributed by atoms with Crippen molar-refractivity contribution in [3.05, 3.63) is 0 Å². The second kappa shape index (κ2) is 4.69. The summed E-state index contributed by atoms with van der Waals surface area (Å²) in [6, 6.07) is 0.696. The van der Waals surface area contributed by atoms with Crippen molar-refractivity contribution in [1.29, 1.82) is 5.26 Å². The van der Waals surface area contributed by atoms with Gasteiger partial charge in [-0.15, -0.1) is 0 Å². The van der Waals surface area contributed by atoms with E-state index in [1.807, 2.05) is 13.8 Å². The molecule has 4 heteroatoms. The number of hydrogen-bond acceptors (Lipinski definition) is 3. The van der Waals surface area contributed by atoms with E-state index in [1.54, 1.807) is 6.07 Å². The fourth-order valence-corrected chi connectivity index (χ4v) is 0.787. The van der Waals surface area contributed by atoms with E-state index in [0.29, 0.717) is 13.1 Å². The minimum Gasteiger partial charge on any atom is -0.341 e. The molecule has 0 heterocycles. The third-order valence-electron chi connectivity index (χ3n) is 1.48. The highest BCUT2D eigenvalue weighted by Gasteiger charge is 2.16. The van der Waals surface area contributed by atoms with Crippen molar-refractivity contribution >= 4 is 5.91 Å². The second-order valence-electron chi connectivity index (χ2n) is 2.12. The van der Waals surface area contributed by atoms with E-state index in [1.165, 1.54) is 4.90 Å². The van der Waals surface area contributed by atoms with Crippen molar-refractivity contribution in [1.82, 2.24) is 4.90 Å². The average molecular weight is 155 g/mol. The van der Waals surface area contributed by atoms with Gasteiger partial charge in [-0.2, -0.15) is 5.26 Å². The first-order valence-electron chi connectivity index (χ1n) is 3.61. The molecule has 0 saturated heterocycles. The van der Waals surface area contributed by atoms with Gasteiger partial charge < -0.3 is 10.6 Å². The lowest BCUT2D eigenvalue weighted by Gasteiger charge is -2.19. The van der Waals surface area contributed by atoms with Gasteiger partial charge in [-0.3, -0.25) is 4.79 Å². The standard InChI is InChI=1S/C7H13N3O/c1-3-10(4-2)7(11)6(9)5-8/h6H,3-4,9H2,1-2H3. The van der Waals surface area contributed by atoms with E-state index in [4.69, 9.17) is 11.0 Å². The summed E-state index contributed by atoms with van der Waals surface area (Å²) < 4.78 is 0. The maximum atomic E-state index is 11.1. The van der Waals surface area contributed by atoms with Crippen LogP contribution in [-0.4, -0.2) is 29.9 Å². The van der Waals surface area contributed by atoms with Crippen molar-refractivity contribution < 1.29 is 4.79 Å². The molecular weight excluding hydrogens is 142 g/mol. The van der Waals surface area contributed by atoms with Crippen molar-refractivity contribution in [3.8, 4) is 6.07 Å². The summed E-state index contributed by atoms with van der Waals surface area (Å²) in [5, 5.41) is 8.32. The quantitative estimate of drug-likeness (QED) is 0.608. The van der Waals surface area contributed by atoms with E-state index in [2.05, 4.69) is 0 Å². The summed E-state index contributed by atoms with van der Waals surface area (Å²) >= 11 is 0. The molecule has 0 bridgehead atoms. The van der Waals surface area contributed by atoms with E-state index in [9.17, 15) is 4.79 Å². The van der Waals surface area contributed by atoms with Crippen molar-refractivity contribution in [2.24, 2.45) is 5.73 Å². The fraction of sp³-hybridized carbons (Fsp3) is 0.714. The number of nitrogens with two attached hydrogens (primary N) is 1. The number of carbonyl (C=O) groups is 1. The summed E-state index contributed by atoms with van der Waals surface area (Å²) in [5.41, 5.74) is 5.22. The third-order valence-corrected chi connectivity index (χ3v) is 1.48. The topological polar surface area (TPSA) is 70.1 Å². The molecule has 1 unspecified atom stereocenters. The van der Waals surface area contributed by atoms with Crippen LogP contribution in [0.1, 0.15) is 13.8 Å². The minimum atomic E-state index is -1.00. The number of nitriles is 1. The van der Waals surface area contributed by atoms with Gasteiger partial charge in [0.2, 0.25) is 0 Å². The molecule has 1 amide bonds. The van der Waals surface area contributed by atoms with Gasteiger partial charge in [0.1, 0.15) is 0 Å². The zero-order chi connectivity index (χ0) is 8.85. The molecule has 62 valence electrons. The van der Waals surface area contributed by atoms with E-state index < -0.39 is 6.04 Å². The fourth-order valence-electron chi connectivity index (χ4n) is 0.787. The van der Waals surface area contributed by atoms with Gasteiger partial charge in [0, 0.05) is 13.1 Å². The Labute approximate surface area is 66.6 Å². The van der Waals surface area contributed by atoms with Crippen molar-refractivity contribution in [2.45, 2.75) is 19.9 Å². The number of likely N-dealkylation sites (N-methyl/N-ethyl adjacent to an activating group) is 1. The normalized spacial score (nSPS) is 11.8. The molecule has 1 atom stereocenters. The summed E-state index contributed by atoms with van der Waals surface area (Å²) in [6.07, 6.45) is 0. The van der Waals surface area contributed by atoms with Crippen LogP contribution >= 0.6 is 0 Å². The number of nitrogens with zero attached hydrogens (tertiary/aromatic N) is 2. The molecule has 2 N–H and O–H groups in total. The van der Waals surface area contributed by atoms with E-state index in [-0.39, 0.29) is 5.91 Å². The number of hydrogen-bond donors (Lipinski definition) is 1. The number of amides is 1. The van der Waals surface area contributed by atoms with E-state index in [0.717, 1.165) is 0 Å². The largest absolute Gasteiger partial charge is 0.341 e. The lowest BCUT2D eigenvalue weighted by atomic mass is 10.3. The van der Waals surface area contributed by atoms with Crippen LogP contribution in [0.3, 0.4) is 0 Å². The van der Waals surface area contributed by atoms with Crippen LogP contribution in [0.2, 0.25) is 0 Å². The Morgan fingerprint density at radius 1 is 1.64 bits per heavy atom. The van der Waals surface area contributed by atoms with Crippen LogP contribution in [0.4, 0.5) is 0 Å². The Hall–Kier alpha value is -1.08. The Balaban J connectivity index is 4.11. The van der Waals surface area contributed by atoms with Crippen LogP contribution in [0, 0.1) is 11.3 Å². The van der Waals surface area contributed by atoms with Gasteiger partial charge in [-0.05, 0) is 13.8 Å². The maximum absolute atomic E-state index is 11.1. The molecule has 0 aromatic carbocycles. The molecular formula is C7H13N3O. The average Bonchev–Trinajstić information content (AvgIpc) is 2.05. The monoisotopic (exact) mass is 155 g/mol. The molecule has 0 aliphatic carbocycles. The summed E-state index contributed by atoms with van der Waals surface area (Å²) in [7, 11) is 0. The highest BCUT2D eigenvalue weighted by atomic mass is 16.2. The highest BCUT2D eigenvalue weighted by molar-refractivity contribution is 5.84. The molecule has 11 heavy (non-hydrogen) atoms. The molecule has 0 rings (SSSR count). The molecule has 0 fully saturated rings. The zero-order valence-electron chi connectivity index (χ0n) is 6.87. The predicted octanol–water partition coefficient (Wildman–Crippen LogP) is -0.294. The number of rotatable bonds is 3. The Morgan fingerprint density at radius 3 is 2.36 bits per heavy atom. The molecule has 0 aliphatic heterocycles. The summed E-state index contributed by atoms with van der Waals surface area (Å²) in [5.74, 6) is -0.294. The maximum Gasteiger partial charge on any atom is 0.254 e. The number of carbonyl (C=O) groups excluding carboxylic acids is 1. The Morgan fingerprint density at radius 2 is 2.09 bits per heavy atom. The summed E-state index contributed by atoms with van der Waals surface area (Å²) in [6.45, 7) is 4.91. The molecule has 0 aromatic heterocycles. The van der Waals surface area contributed by atoms with Crippen LogP contribution < -0.4 is 5.73 Å². The minimum absolute atomic E-state index is 0.294. The predicted molar refractivity (Wildman–Crippen MR) is 41.5 cm³/mol. The van der Waals surface area contributed by atoms with E-state index >= 15 is 0 Å². The first-order valence-corrected chi connectivity index (χ1v) is 3.61. The van der Waals surface area contributed by atoms with Gasteiger partial charge in [0.25, 0.3) is 5.91 Å². The van der Waals surface area contributed by atoms with Crippen LogP contribution in [0.15, 0.2) is 0 Å². The lowest BCUT2D eigenvalue weighted by Crippen LogP contribution is -2.42. The third kappa shape index (κ3) is 2.56. The van der Waals surface area contributed by atoms with Gasteiger partial charge in [0.15, 0.2) is 6.04 Å². The molecule has 0 radical (unpaired) electrons. The first kappa shape index (κ1) is 9.92. The second-order valence-corrected chi connectivity index (χ2v) is 2.12. The zero-order valence-corrected chi connectivity index (χ0v) is 6.87. The molecule has 0 saturated carbocycles. The Kier molecular flexibility index (Phi) is 4.23. The molecule has 4 nitrogen and oxygen atoms in total. The lowest BCUT2D eigenvalue weighted by molar-refractivity contribution is -0.130. The van der Waals surface area contributed by atoms with Crippen molar-refractivity contribution in [3.63, 3.8) is 0 Å². The van der Waals surface area contributed by atoms with Crippen LogP contribution in [0.5, 0.6) is 0 Å². The van der Waals surface area contributed by atoms with Crippen LogP contribution in [0.25, 0.3) is 0 Å². The van der Waals surface area contributed by atoms with Gasteiger partial charge in [-0.25, -0.2) is 0 Å². The highest BCUT2D eigenvalue weighted by Crippen LogP contribution is 1.91. The van der Waals surface area contributed by atoms with Gasteiger partial charge in [0.05, 0.1) is 6.07 Å². The van der Waals surface area contributed by atoms with Gasteiger partial charge in [-0.1, -0.05) is 0 Å². The smallest absolute Gasteiger partial charge is 0.254 e. The SMILES string of the molecule is CCN(CC)C(=O)C(N)C#N. The van der Waals surface area contributed by atoms with Crippen LogP contribution in [-0.2, 0) is 4.79 Å². The molecule has 0 spiro atoms. The van der Waals surface area contributed by atoms with Crippen molar-refractivity contribution in [2.75, 3.05) is 13.1 Å².